The Morgan fingerprint density at radius 3 is 2.31 bits per heavy atom. The zero-order valence-electron chi connectivity index (χ0n) is 32.0. The Morgan fingerprint density at radius 1 is 0.845 bits per heavy atom. The Morgan fingerprint density at radius 2 is 1.57 bits per heavy atom. The Bertz CT molecular complexity index is 2290. The third-order valence-corrected chi connectivity index (χ3v) is 11.0. The molecule has 13 nitrogen and oxygen atoms in total. The van der Waals surface area contributed by atoms with Gasteiger partial charge in [-0.3, -0.25) is 0 Å². The fourth-order valence-electron chi connectivity index (χ4n) is 6.79. The van der Waals surface area contributed by atoms with Crippen molar-refractivity contribution >= 4 is 23.8 Å². The second-order valence-corrected chi connectivity index (χ2v) is 14.9. The van der Waals surface area contributed by atoms with Crippen LogP contribution in [0.4, 0.5) is 4.79 Å². The molecule has 6 aromatic rings. The van der Waals surface area contributed by atoms with Crippen LogP contribution in [-0.4, -0.2) is 67.4 Å². The number of thioether (sulfide) groups is 1. The number of rotatable bonds is 14. The lowest BCUT2D eigenvalue weighted by Crippen LogP contribution is -2.47. The smallest absolute Gasteiger partial charge is 0.328 e. The van der Waals surface area contributed by atoms with Gasteiger partial charge in [-0.2, -0.15) is 4.68 Å². The third kappa shape index (κ3) is 9.90. The highest BCUT2D eigenvalue weighted by atomic mass is 32.2. The number of aliphatic hydroxyl groups is 1. The largest absolute Gasteiger partial charge is 0.508 e. The summed E-state index contributed by atoms with van der Waals surface area (Å²) in [7, 11) is 1.30. The number of methoxy groups -OCH3 is 1. The molecular weight excluding hydrogens is 757 g/mol. The van der Waals surface area contributed by atoms with Gasteiger partial charge in [0.05, 0.1) is 31.6 Å². The first-order valence-corrected chi connectivity index (χ1v) is 19.8. The zero-order chi connectivity index (χ0) is 40.4. The lowest BCUT2D eigenvalue weighted by Gasteiger charge is -2.41. The average molecular weight is 801 g/mol. The van der Waals surface area contributed by atoms with E-state index in [9.17, 15) is 19.8 Å². The van der Waals surface area contributed by atoms with Crippen molar-refractivity contribution in [2.24, 2.45) is 5.92 Å². The number of nitrogens with one attached hydrogen (secondary N) is 2. The quantitative estimate of drug-likeness (QED) is 0.0684. The number of phenolic OH excluding ortho intramolecular Hbond substituents is 1. The molecule has 14 heteroatoms. The standard InChI is InChI=1S/C44H44N6O7S/c1-28-39(27-58-44-47-48-49-50(44)36-18-20-37(52)21-19-36)56-42(57-40(28)32-16-14-30(26-51)15-17-32)35-13-7-12-34(24-35)33-11-6-10-31(22-33)25-45-43(54)46-38(41(53)55-2)23-29-8-4-3-5-9-29/h3-22,24,28,38-40,42,51-52H,23,25-27H2,1-2H3,(H2,45,46,54)/t28-,38-,39+,40+,42+/m0/s1. The van der Waals surface area contributed by atoms with E-state index in [4.69, 9.17) is 14.2 Å². The summed E-state index contributed by atoms with van der Waals surface area (Å²) in [6, 6.07) is 38.4. The van der Waals surface area contributed by atoms with E-state index in [1.807, 2.05) is 103 Å². The van der Waals surface area contributed by atoms with E-state index >= 15 is 0 Å². The number of tetrazole rings is 1. The van der Waals surface area contributed by atoms with Gasteiger partial charge in [-0.25, -0.2) is 9.59 Å². The topological polar surface area (TPSA) is 170 Å². The van der Waals surface area contributed by atoms with Crippen LogP contribution in [-0.2, 0) is 38.6 Å². The van der Waals surface area contributed by atoms with Gasteiger partial charge in [-0.05, 0) is 80.2 Å². The molecule has 0 bridgehead atoms. The number of carbonyl (C=O) groups is 2. The monoisotopic (exact) mass is 800 g/mol. The van der Waals surface area contributed by atoms with Gasteiger partial charge in [0, 0.05) is 30.2 Å². The Labute approximate surface area is 340 Å². The van der Waals surface area contributed by atoms with E-state index in [1.54, 1.807) is 28.9 Å². The Balaban J connectivity index is 1.06. The van der Waals surface area contributed by atoms with Crippen molar-refractivity contribution in [2.45, 2.75) is 56.2 Å². The first-order valence-electron chi connectivity index (χ1n) is 18.8. The molecule has 1 aliphatic heterocycles. The molecule has 58 heavy (non-hydrogen) atoms. The van der Waals surface area contributed by atoms with E-state index in [0.717, 1.165) is 44.6 Å². The summed E-state index contributed by atoms with van der Waals surface area (Å²) in [6.45, 7) is 2.28. The molecule has 298 valence electrons. The number of carbonyl (C=O) groups excluding carboxylic acids is 2. The molecule has 5 aromatic carbocycles. The summed E-state index contributed by atoms with van der Waals surface area (Å²) >= 11 is 1.47. The number of benzene rings is 5. The summed E-state index contributed by atoms with van der Waals surface area (Å²) in [5, 5.41) is 38.0. The van der Waals surface area contributed by atoms with Crippen LogP contribution in [0.5, 0.6) is 5.75 Å². The lowest BCUT2D eigenvalue weighted by atomic mass is 9.91. The molecule has 0 unspecified atom stereocenters. The van der Waals surface area contributed by atoms with Gasteiger partial charge in [0.25, 0.3) is 0 Å². The number of amides is 2. The van der Waals surface area contributed by atoms with Crippen LogP contribution in [0, 0.1) is 5.92 Å². The van der Waals surface area contributed by atoms with Crippen molar-refractivity contribution in [1.82, 2.24) is 30.8 Å². The lowest BCUT2D eigenvalue weighted by molar-refractivity contribution is -0.268. The van der Waals surface area contributed by atoms with Gasteiger partial charge in [-0.1, -0.05) is 110 Å². The number of aromatic hydroxyl groups is 1. The summed E-state index contributed by atoms with van der Waals surface area (Å²) in [5.41, 5.74) is 6.98. The highest BCUT2D eigenvalue weighted by Gasteiger charge is 2.39. The molecule has 0 aliphatic carbocycles. The van der Waals surface area contributed by atoms with Crippen molar-refractivity contribution in [2.75, 3.05) is 12.9 Å². The number of hydrogen-bond donors (Lipinski definition) is 4. The number of ether oxygens (including phenoxy) is 3. The second kappa shape index (κ2) is 18.9. The molecular formula is C44H44N6O7S. The molecule has 1 saturated heterocycles. The highest BCUT2D eigenvalue weighted by Crippen LogP contribution is 2.43. The molecule has 0 radical (unpaired) electrons. The van der Waals surface area contributed by atoms with Gasteiger partial charge >= 0.3 is 12.0 Å². The van der Waals surface area contributed by atoms with E-state index < -0.39 is 24.3 Å². The van der Waals surface area contributed by atoms with Crippen LogP contribution in [0.25, 0.3) is 16.8 Å². The maximum atomic E-state index is 12.9. The SMILES string of the molecule is COC(=O)[C@H](Cc1ccccc1)NC(=O)NCc1cccc(-c2cccc([C@@H]3O[C@H](CSc4nnnn4-c4ccc(O)cc4)[C@H](C)[C@H](c4ccc(CO)cc4)O3)c2)c1. The van der Waals surface area contributed by atoms with Crippen molar-refractivity contribution in [1.29, 1.82) is 0 Å². The number of phenols is 1. The van der Waals surface area contributed by atoms with E-state index in [2.05, 4.69) is 33.1 Å². The number of aromatic nitrogens is 4. The minimum atomic E-state index is -0.839. The number of hydrogen-bond acceptors (Lipinski definition) is 11. The molecule has 1 aromatic heterocycles. The maximum absolute atomic E-state index is 12.9. The van der Waals surface area contributed by atoms with Crippen LogP contribution in [0.15, 0.2) is 133 Å². The summed E-state index contributed by atoms with van der Waals surface area (Å²) in [6.07, 6.45) is -0.991. The number of nitrogens with zero attached hydrogens (tertiary/aromatic N) is 4. The van der Waals surface area contributed by atoms with Crippen LogP contribution < -0.4 is 10.6 Å². The van der Waals surface area contributed by atoms with E-state index in [0.29, 0.717) is 17.3 Å². The Kier molecular flexibility index (Phi) is 13.1. The summed E-state index contributed by atoms with van der Waals surface area (Å²) in [5.74, 6) is 0.0938. The van der Waals surface area contributed by atoms with E-state index in [-0.39, 0.29) is 37.0 Å². The van der Waals surface area contributed by atoms with Crippen LogP contribution in [0.3, 0.4) is 0 Å². The van der Waals surface area contributed by atoms with Crippen LogP contribution >= 0.6 is 11.8 Å². The predicted molar refractivity (Wildman–Crippen MR) is 218 cm³/mol. The van der Waals surface area contributed by atoms with Gasteiger partial charge in [0.2, 0.25) is 5.16 Å². The normalized spacial score (nSPS) is 18.3. The first-order chi connectivity index (χ1) is 28.3. The molecule has 7 rings (SSSR count). The minimum Gasteiger partial charge on any atom is -0.508 e. The van der Waals surface area contributed by atoms with Crippen molar-refractivity contribution in [3.05, 3.63) is 155 Å². The third-order valence-electron chi connectivity index (χ3n) is 9.98. The first kappa shape index (κ1) is 40.1. The molecule has 5 atom stereocenters. The fourth-order valence-corrected chi connectivity index (χ4v) is 7.85. The summed E-state index contributed by atoms with van der Waals surface area (Å²) in [4.78, 5) is 25.4. The number of aliphatic hydroxyl groups excluding tert-OH is 1. The van der Waals surface area contributed by atoms with Gasteiger partial charge in [-0.15, -0.1) is 5.10 Å². The van der Waals surface area contributed by atoms with Crippen LogP contribution in [0.2, 0.25) is 0 Å². The highest BCUT2D eigenvalue weighted by molar-refractivity contribution is 7.99. The fraction of sp³-hybridized carbons (Fsp3) is 0.250. The van der Waals surface area contributed by atoms with Gasteiger partial charge in [0.15, 0.2) is 6.29 Å². The molecule has 1 fully saturated rings. The van der Waals surface area contributed by atoms with Crippen LogP contribution in [0.1, 0.15) is 47.1 Å². The average Bonchev–Trinajstić information content (AvgIpc) is 3.74. The molecule has 0 saturated carbocycles. The molecule has 2 amide bonds. The predicted octanol–water partition coefficient (Wildman–Crippen LogP) is 6.69. The van der Waals surface area contributed by atoms with Crippen molar-refractivity contribution < 1.29 is 34.0 Å². The molecule has 0 spiro atoms. The molecule has 2 heterocycles. The van der Waals surface area contributed by atoms with Crippen molar-refractivity contribution in [3.8, 4) is 22.6 Å². The Hall–Kier alpha value is -6.06. The number of esters is 1. The maximum Gasteiger partial charge on any atom is 0.328 e. The minimum absolute atomic E-state index is 0.0516. The van der Waals surface area contributed by atoms with Gasteiger partial charge in [0.1, 0.15) is 11.8 Å². The van der Waals surface area contributed by atoms with Crippen molar-refractivity contribution in [3.63, 3.8) is 0 Å². The molecule has 4 N–H and O–H groups in total. The summed E-state index contributed by atoms with van der Waals surface area (Å²) < 4.78 is 20.0. The zero-order valence-corrected chi connectivity index (χ0v) is 32.8. The number of urea groups is 1. The molecule has 1 aliphatic rings. The second-order valence-electron chi connectivity index (χ2n) is 13.9. The van der Waals surface area contributed by atoms with Gasteiger partial charge < -0.3 is 35.1 Å². The van der Waals surface area contributed by atoms with E-state index in [1.165, 1.54) is 18.9 Å².